The fraction of sp³-hybridized carbons (Fsp3) is 0.308. The lowest BCUT2D eigenvalue weighted by Crippen LogP contribution is -2.49. The van der Waals surface area contributed by atoms with E-state index in [0.717, 1.165) is 12.1 Å². The highest BCUT2D eigenvalue weighted by Crippen LogP contribution is 2.36. The molecule has 202 valence electrons. The molecule has 2 unspecified atom stereocenters. The molecule has 0 saturated heterocycles. The Morgan fingerprint density at radius 3 is 2.50 bits per heavy atom. The third-order valence-corrected chi connectivity index (χ3v) is 5.18. The van der Waals surface area contributed by atoms with Crippen molar-refractivity contribution >= 4 is 23.7 Å². The Hall–Kier alpha value is -4.53. The number of esters is 1. The van der Waals surface area contributed by atoms with Crippen LogP contribution in [0.2, 0.25) is 0 Å². The Morgan fingerprint density at radius 2 is 1.87 bits per heavy atom. The summed E-state index contributed by atoms with van der Waals surface area (Å²) in [6.07, 6.45) is 2.90. The van der Waals surface area contributed by atoms with Gasteiger partial charge in [0, 0.05) is 36.2 Å². The lowest BCUT2D eigenvalue weighted by Gasteiger charge is -2.20. The molecule has 2 rings (SSSR count). The number of hydrogen-bond donors (Lipinski definition) is 4. The number of ether oxygens (including phenoxy) is 1. The fourth-order valence-corrected chi connectivity index (χ4v) is 3.40. The number of halogens is 3. The van der Waals surface area contributed by atoms with Gasteiger partial charge in [-0.3, -0.25) is 14.4 Å². The second kappa shape index (κ2) is 13.7. The van der Waals surface area contributed by atoms with Crippen molar-refractivity contribution in [2.45, 2.75) is 44.4 Å². The number of nitrogens with one attached hydrogen (secondary N) is 3. The molecule has 0 fully saturated rings. The van der Waals surface area contributed by atoms with E-state index in [-0.39, 0.29) is 42.8 Å². The minimum absolute atomic E-state index is 0.0524. The maximum atomic E-state index is 13.4. The second-order valence-electron chi connectivity index (χ2n) is 7.99. The van der Waals surface area contributed by atoms with Gasteiger partial charge in [0.15, 0.2) is 0 Å². The number of amides is 3. The van der Waals surface area contributed by atoms with Crippen molar-refractivity contribution in [1.82, 2.24) is 15.6 Å². The number of aromatic amines is 1. The maximum absolute atomic E-state index is 13.4. The van der Waals surface area contributed by atoms with Crippen molar-refractivity contribution in [1.29, 1.82) is 0 Å². The molecule has 0 spiro atoms. The lowest BCUT2D eigenvalue weighted by atomic mass is 10.0. The molecule has 0 bridgehead atoms. The van der Waals surface area contributed by atoms with Gasteiger partial charge in [-0.15, -0.1) is 12.3 Å². The Bertz CT molecular complexity index is 1230. The molecule has 1 heterocycles. The minimum atomic E-state index is -4.60. The molecule has 1 aromatic heterocycles. The first-order chi connectivity index (χ1) is 18.0. The molecule has 38 heavy (non-hydrogen) atoms. The predicted molar refractivity (Wildman–Crippen MR) is 132 cm³/mol. The van der Waals surface area contributed by atoms with Gasteiger partial charge in [0.1, 0.15) is 11.7 Å². The van der Waals surface area contributed by atoms with Crippen LogP contribution in [0.25, 0.3) is 11.3 Å². The molecule has 12 heteroatoms. The van der Waals surface area contributed by atoms with Gasteiger partial charge in [-0.1, -0.05) is 24.3 Å². The number of carbonyl (C=O) groups excluding carboxylic acids is 4. The number of aromatic nitrogens is 1. The van der Waals surface area contributed by atoms with E-state index < -0.39 is 47.5 Å². The van der Waals surface area contributed by atoms with Gasteiger partial charge >= 0.3 is 12.1 Å². The monoisotopic (exact) mass is 532 g/mol. The van der Waals surface area contributed by atoms with Gasteiger partial charge in [0.25, 0.3) is 5.91 Å². The molecule has 0 aliphatic rings. The van der Waals surface area contributed by atoms with Gasteiger partial charge in [0.05, 0.1) is 12.2 Å². The quantitative estimate of drug-likeness (QED) is 0.189. The van der Waals surface area contributed by atoms with Crippen molar-refractivity contribution in [3.8, 4) is 23.6 Å². The number of terminal acetylenes is 1. The normalized spacial score (nSPS) is 12.8. The van der Waals surface area contributed by atoms with Crippen molar-refractivity contribution in [3.05, 3.63) is 59.8 Å². The number of carbonyl (C=O) groups is 4. The van der Waals surface area contributed by atoms with Crippen LogP contribution in [0.1, 0.15) is 42.2 Å². The number of hydrogen-bond acceptors (Lipinski definition) is 5. The number of primary amides is 1. The first kappa shape index (κ1) is 29.7. The zero-order chi connectivity index (χ0) is 28.3. The van der Waals surface area contributed by atoms with E-state index in [2.05, 4.69) is 21.5 Å². The van der Waals surface area contributed by atoms with E-state index in [1.165, 1.54) is 36.4 Å². The highest BCUT2D eigenvalue weighted by atomic mass is 19.4. The average molecular weight is 533 g/mol. The van der Waals surface area contributed by atoms with E-state index in [1.54, 1.807) is 6.92 Å². The summed E-state index contributed by atoms with van der Waals surface area (Å²) in [6, 6.07) is 5.43. The first-order valence-corrected chi connectivity index (χ1v) is 11.5. The lowest BCUT2D eigenvalue weighted by molar-refractivity contribution is -0.138. The summed E-state index contributed by atoms with van der Waals surface area (Å²) in [5.74, 6) is -0.512. The number of nitrogens with two attached hydrogens (primary N) is 1. The highest BCUT2D eigenvalue weighted by Gasteiger charge is 2.33. The third-order valence-electron chi connectivity index (χ3n) is 5.18. The van der Waals surface area contributed by atoms with Crippen molar-refractivity contribution in [3.63, 3.8) is 0 Å². The molecule has 0 aliphatic carbocycles. The fourth-order valence-electron chi connectivity index (χ4n) is 3.40. The summed E-state index contributed by atoms with van der Waals surface area (Å²) in [6.45, 7) is 1.76. The molecule has 5 N–H and O–H groups in total. The number of rotatable bonds is 12. The molecule has 9 nitrogen and oxygen atoms in total. The van der Waals surface area contributed by atoms with Crippen LogP contribution in [0, 0.1) is 12.3 Å². The van der Waals surface area contributed by atoms with Crippen LogP contribution in [0.5, 0.6) is 0 Å². The molecule has 0 aliphatic heterocycles. The summed E-state index contributed by atoms with van der Waals surface area (Å²) < 4.78 is 44.9. The summed E-state index contributed by atoms with van der Waals surface area (Å²) in [7, 11) is 0. The highest BCUT2D eigenvalue weighted by molar-refractivity contribution is 5.97. The zero-order valence-electron chi connectivity index (χ0n) is 20.4. The average Bonchev–Trinajstić information content (AvgIpc) is 3.35. The van der Waals surface area contributed by atoms with Crippen LogP contribution in [-0.4, -0.2) is 47.4 Å². The molecule has 2 aromatic rings. The number of alkyl halides is 3. The zero-order valence-corrected chi connectivity index (χ0v) is 20.4. The van der Waals surface area contributed by atoms with E-state index >= 15 is 0 Å². The number of H-pyrrole nitrogens is 1. The molecule has 2 atom stereocenters. The summed E-state index contributed by atoms with van der Waals surface area (Å²) in [5, 5.41) is 5.02. The molecule has 1 aromatic carbocycles. The van der Waals surface area contributed by atoms with Gasteiger partial charge < -0.3 is 26.1 Å². The summed E-state index contributed by atoms with van der Waals surface area (Å²) in [4.78, 5) is 51.1. The van der Waals surface area contributed by atoms with Gasteiger partial charge in [-0.05, 0) is 31.5 Å². The minimum Gasteiger partial charge on any atom is -0.463 e. The van der Waals surface area contributed by atoms with E-state index in [1.807, 2.05) is 0 Å². The van der Waals surface area contributed by atoms with Crippen LogP contribution in [0.15, 0.2) is 48.6 Å². The van der Waals surface area contributed by atoms with Crippen molar-refractivity contribution in [2.75, 3.05) is 6.61 Å². The van der Waals surface area contributed by atoms with Crippen molar-refractivity contribution < 1.29 is 37.1 Å². The van der Waals surface area contributed by atoms with Crippen molar-refractivity contribution in [2.24, 2.45) is 5.73 Å². The number of benzene rings is 1. The third kappa shape index (κ3) is 8.85. The Morgan fingerprint density at radius 1 is 1.16 bits per heavy atom. The van der Waals surface area contributed by atoms with Gasteiger partial charge in [-0.25, -0.2) is 4.79 Å². The topological polar surface area (TPSA) is 143 Å². The Labute approximate surface area is 217 Å². The molecule has 0 radical (unpaired) electrons. The van der Waals surface area contributed by atoms with Crippen LogP contribution in [0.4, 0.5) is 13.2 Å². The van der Waals surface area contributed by atoms with Gasteiger partial charge in [-0.2, -0.15) is 13.2 Å². The molecule has 3 amide bonds. The van der Waals surface area contributed by atoms with E-state index in [9.17, 15) is 32.3 Å². The maximum Gasteiger partial charge on any atom is 0.417 e. The Kier molecular flexibility index (Phi) is 10.7. The SMILES string of the molecule is C#CCC(NC(=O)c1ccc(-c2ccccc2C(F)(F)F)[nH]1)C(=O)NC(/C=C/C(=O)OCC)CCC(N)=O. The molecular weight excluding hydrogens is 505 g/mol. The predicted octanol–water partition coefficient (Wildman–Crippen LogP) is 2.69. The van der Waals surface area contributed by atoms with Crippen LogP contribution in [0.3, 0.4) is 0 Å². The van der Waals surface area contributed by atoms with Crippen LogP contribution >= 0.6 is 0 Å². The van der Waals surface area contributed by atoms with Crippen LogP contribution in [-0.2, 0) is 25.3 Å². The smallest absolute Gasteiger partial charge is 0.417 e. The standard InChI is InChI=1S/C26H27F3N4O5/c1-3-7-20(24(36)31-16(10-14-22(30)34)11-15-23(35)38-4-2)33-25(37)21-13-12-19(32-21)17-8-5-6-9-18(17)26(27,28)29/h1,5-6,8-9,11-13,15-16,20,32H,4,7,10,14H2,2H3,(H2,30,34)(H,31,36)(H,33,37)/b15-11+. The van der Waals surface area contributed by atoms with E-state index in [0.29, 0.717) is 0 Å². The molecule has 0 saturated carbocycles. The largest absolute Gasteiger partial charge is 0.463 e. The summed E-state index contributed by atoms with van der Waals surface area (Å²) >= 11 is 0. The van der Waals surface area contributed by atoms with E-state index in [4.69, 9.17) is 16.9 Å². The second-order valence-corrected chi connectivity index (χ2v) is 7.99. The first-order valence-electron chi connectivity index (χ1n) is 11.5. The summed E-state index contributed by atoms with van der Waals surface area (Å²) in [5.41, 5.74) is 4.10. The molecular formula is C26H27F3N4O5. The van der Waals surface area contributed by atoms with Gasteiger partial charge in [0.2, 0.25) is 11.8 Å². The Balaban J connectivity index is 2.18. The van der Waals surface area contributed by atoms with Crippen LogP contribution < -0.4 is 16.4 Å².